The van der Waals surface area contributed by atoms with Crippen molar-refractivity contribution in [3.05, 3.63) is 35.7 Å². The van der Waals surface area contributed by atoms with Gasteiger partial charge in [0.15, 0.2) is 5.16 Å². The molecule has 102 valence electrons. The Kier molecular flexibility index (Phi) is 4.15. The van der Waals surface area contributed by atoms with Gasteiger partial charge in [0.1, 0.15) is 5.82 Å². The van der Waals surface area contributed by atoms with Crippen molar-refractivity contribution in [2.45, 2.75) is 37.5 Å². The highest BCUT2D eigenvalue weighted by Gasteiger charge is 2.15. The molecule has 0 fully saturated rings. The summed E-state index contributed by atoms with van der Waals surface area (Å²) in [7, 11) is 0.824. The van der Waals surface area contributed by atoms with E-state index < -0.39 is 8.07 Å². The van der Waals surface area contributed by atoms with Crippen LogP contribution in [0, 0.1) is 6.92 Å². The van der Waals surface area contributed by atoms with Gasteiger partial charge >= 0.3 is 0 Å². The zero-order chi connectivity index (χ0) is 14.0. The van der Waals surface area contributed by atoms with Gasteiger partial charge in [-0.3, -0.25) is 0 Å². The third-order valence-corrected chi connectivity index (χ3v) is 6.40. The molecule has 0 aliphatic carbocycles. The standard InChI is InChI=1S/C14H21N3SSi/c1-11-15-16-14(17(11)2)18-10-12-6-8-13(9-7-12)19(3,4)5/h6-9H,10H2,1-5H3. The van der Waals surface area contributed by atoms with E-state index in [4.69, 9.17) is 0 Å². The Hall–Kier alpha value is -1.07. The second-order valence-electron chi connectivity index (χ2n) is 5.82. The van der Waals surface area contributed by atoms with Gasteiger partial charge in [-0.15, -0.1) is 10.2 Å². The Morgan fingerprint density at radius 3 is 2.21 bits per heavy atom. The summed E-state index contributed by atoms with van der Waals surface area (Å²) < 4.78 is 2.03. The second-order valence-corrected chi connectivity index (χ2v) is 11.8. The van der Waals surface area contributed by atoms with E-state index in [1.807, 2.05) is 18.5 Å². The summed E-state index contributed by atoms with van der Waals surface area (Å²) in [6.45, 7) is 9.09. The summed E-state index contributed by atoms with van der Waals surface area (Å²) in [4.78, 5) is 0. The van der Waals surface area contributed by atoms with Crippen LogP contribution in [0.25, 0.3) is 0 Å². The zero-order valence-electron chi connectivity index (χ0n) is 12.3. The van der Waals surface area contributed by atoms with Crippen LogP contribution in [-0.4, -0.2) is 22.8 Å². The van der Waals surface area contributed by atoms with Crippen LogP contribution in [0.1, 0.15) is 11.4 Å². The molecule has 2 rings (SSSR count). The number of nitrogens with zero attached hydrogens (tertiary/aromatic N) is 3. The van der Waals surface area contributed by atoms with E-state index in [-0.39, 0.29) is 0 Å². The molecule has 0 bridgehead atoms. The van der Waals surface area contributed by atoms with E-state index >= 15 is 0 Å². The number of hydrogen-bond donors (Lipinski definition) is 0. The van der Waals surface area contributed by atoms with Crippen LogP contribution in [-0.2, 0) is 12.8 Å². The van der Waals surface area contributed by atoms with Crippen LogP contribution < -0.4 is 5.19 Å². The van der Waals surface area contributed by atoms with Gasteiger partial charge < -0.3 is 4.57 Å². The minimum atomic E-state index is -1.18. The highest BCUT2D eigenvalue weighted by Crippen LogP contribution is 2.20. The number of hydrogen-bond acceptors (Lipinski definition) is 3. The van der Waals surface area contributed by atoms with Crippen LogP contribution in [0.15, 0.2) is 29.4 Å². The monoisotopic (exact) mass is 291 g/mol. The Morgan fingerprint density at radius 1 is 1.11 bits per heavy atom. The normalized spacial score (nSPS) is 11.8. The molecule has 0 unspecified atom stereocenters. The van der Waals surface area contributed by atoms with Gasteiger partial charge in [0.25, 0.3) is 0 Å². The Bertz CT molecular complexity index is 555. The number of thioether (sulfide) groups is 1. The van der Waals surface area contributed by atoms with Gasteiger partial charge in [-0.1, -0.05) is 60.9 Å². The summed E-state index contributed by atoms with van der Waals surface area (Å²) in [6, 6.07) is 9.04. The lowest BCUT2D eigenvalue weighted by atomic mass is 10.2. The average molecular weight is 291 g/mol. The van der Waals surface area contributed by atoms with Gasteiger partial charge in [0.2, 0.25) is 0 Å². The predicted molar refractivity (Wildman–Crippen MR) is 84.7 cm³/mol. The smallest absolute Gasteiger partial charge is 0.191 e. The molecule has 0 N–H and O–H groups in total. The summed E-state index contributed by atoms with van der Waals surface area (Å²) in [5.41, 5.74) is 1.34. The van der Waals surface area contributed by atoms with Crippen molar-refractivity contribution in [2.75, 3.05) is 0 Å². The fourth-order valence-electron chi connectivity index (χ4n) is 1.76. The fourth-order valence-corrected chi connectivity index (χ4v) is 3.84. The van der Waals surface area contributed by atoms with Gasteiger partial charge in [0, 0.05) is 12.8 Å². The lowest BCUT2D eigenvalue weighted by Crippen LogP contribution is -2.37. The molecule has 0 atom stereocenters. The molecule has 0 saturated carbocycles. The Labute approximate surface area is 120 Å². The second kappa shape index (κ2) is 5.51. The van der Waals surface area contributed by atoms with Gasteiger partial charge in [-0.05, 0) is 12.5 Å². The van der Waals surface area contributed by atoms with E-state index in [0.717, 1.165) is 16.7 Å². The first-order valence-corrected chi connectivity index (χ1v) is 10.9. The SMILES string of the molecule is Cc1nnc(SCc2ccc([Si](C)(C)C)cc2)n1C. The Morgan fingerprint density at radius 2 is 1.74 bits per heavy atom. The summed E-state index contributed by atoms with van der Waals surface area (Å²) in [6.07, 6.45) is 0. The molecular formula is C14H21N3SSi. The van der Waals surface area contributed by atoms with Crippen molar-refractivity contribution in [3.63, 3.8) is 0 Å². The quantitative estimate of drug-likeness (QED) is 0.641. The van der Waals surface area contributed by atoms with E-state index in [2.05, 4.69) is 54.1 Å². The zero-order valence-corrected chi connectivity index (χ0v) is 14.1. The predicted octanol–water partition coefficient (Wildman–Crippen LogP) is 2.96. The van der Waals surface area contributed by atoms with Gasteiger partial charge in [-0.2, -0.15) is 0 Å². The Balaban J connectivity index is 2.03. The van der Waals surface area contributed by atoms with Crippen LogP contribution in [0.3, 0.4) is 0 Å². The number of benzene rings is 1. The van der Waals surface area contributed by atoms with Crippen LogP contribution >= 0.6 is 11.8 Å². The highest BCUT2D eigenvalue weighted by atomic mass is 32.2. The molecule has 1 aromatic carbocycles. The van der Waals surface area contributed by atoms with Crippen molar-refractivity contribution in [2.24, 2.45) is 7.05 Å². The van der Waals surface area contributed by atoms with Crippen molar-refractivity contribution in [1.29, 1.82) is 0 Å². The van der Waals surface area contributed by atoms with Crippen molar-refractivity contribution in [1.82, 2.24) is 14.8 Å². The van der Waals surface area contributed by atoms with Crippen LogP contribution in [0.4, 0.5) is 0 Å². The van der Waals surface area contributed by atoms with E-state index in [0.29, 0.717) is 0 Å². The molecule has 0 radical (unpaired) electrons. The molecule has 5 heteroatoms. The summed E-state index contributed by atoms with van der Waals surface area (Å²) in [5, 5.41) is 10.7. The molecule has 0 aliphatic heterocycles. The lowest BCUT2D eigenvalue weighted by Gasteiger charge is -2.16. The average Bonchev–Trinajstić information content (AvgIpc) is 2.67. The van der Waals surface area contributed by atoms with Gasteiger partial charge in [-0.25, -0.2) is 0 Å². The van der Waals surface area contributed by atoms with Crippen molar-refractivity contribution < 1.29 is 0 Å². The lowest BCUT2D eigenvalue weighted by molar-refractivity contribution is 0.765. The largest absolute Gasteiger partial charge is 0.309 e. The molecule has 3 nitrogen and oxygen atoms in total. The molecule has 0 spiro atoms. The first kappa shape index (κ1) is 14.3. The number of rotatable bonds is 4. The molecule has 1 aromatic heterocycles. The van der Waals surface area contributed by atoms with E-state index in [9.17, 15) is 0 Å². The maximum Gasteiger partial charge on any atom is 0.191 e. The molecule has 0 saturated heterocycles. The molecule has 2 aromatic rings. The maximum atomic E-state index is 4.17. The first-order valence-electron chi connectivity index (χ1n) is 6.46. The van der Waals surface area contributed by atoms with E-state index in [1.54, 1.807) is 11.8 Å². The molecule has 0 aliphatic rings. The van der Waals surface area contributed by atoms with Crippen LogP contribution in [0.5, 0.6) is 0 Å². The third-order valence-electron chi connectivity index (χ3n) is 3.24. The summed E-state index contributed by atoms with van der Waals surface area (Å²) in [5.74, 6) is 1.90. The van der Waals surface area contributed by atoms with E-state index in [1.165, 1.54) is 10.8 Å². The van der Waals surface area contributed by atoms with Crippen LogP contribution in [0.2, 0.25) is 19.6 Å². The highest BCUT2D eigenvalue weighted by molar-refractivity contribution is 7.98. The minimum Gasteiger partial charge on any atom is -0.309 e. The summed E-state index contributed by atoms with van der Waals surface area (Å²) >= 11 is 1.74. The first-order chi connectivity index (χ1) is 8.88. The van der Waals surface area contributed by atoms with Crippen molar-refractivity contribution >= 4 is 25.0 Å². The maximum absolute atomic E-state index is 4.17. The molecule has 1 heterocycles. The number of aromatic nitrogens is 3. The molecule has 0 amide bonds. The third kappa shape index (κ3) is 3.48. The molecule has 19 heavy (non-hydrogen) atoms. The fraction of sp³-hybridized carbons (Fsp3) is 0.429. The van der Waals surface area contributed by atoms with Crippen molar-refractivity contribution in [3.8, 4) is 0 Å². The topological polar surface area (TPSA) is 30.7 Å². The molecular weight excluding hydrogens is 270 g/mol. The van der Waals surface area contributed by atoms with Gasteiger partial charge in [0.05, 0.1) is 8.07 Å². The minimum absolute atomic E-state index is 0.942. The number of aryl methyl sites for hydroxylation is 1.